The Balaban J connectivity index is 2.15. The Morgan fingerprint density at radius 3 is 2.30 bits per heavy atom. The summed E-state index contributed by atoms with van der Waals surface area (Å²) in [6.07, 6.45) is 3.89. The van der Waals surface area contributed by atoms with E-state index in [1.807, 2.05) is 18.2 Å². The van der Waals surface area contributed by atoms with Crippen molar-refractivity contribution in [3.05, 3.63) is 73.3 Å². The van der Waals surface area contributed by atoms with Crippen LogP contribution in [0, 0.1) is 0 Å². The quantitative estimate of drug-likeness (QED) is 0.731. The molecule has 2 aromatic carbocycles. The smallest absolute Gasteiger partial charge is 0.227 e. The molecule has 2 aromatic rings. The second-order valence-corrected chi connectivity index (χ2v) is 4.73. The van der Waals surface area contributed by atoms with Crippen molar-refractivity contribution in [3.8, 4) is 0 Å². The lowest BCUT2D eigenvalue weighted by Crippen LogP contribution is -2.32. The Hall–Kier alpha value is -2.35. The summed E-state index contributed by atoms with van der Waals surface area (Å²) in [4.78, 5) is 14.0. The number of fused-ring (bicyclic) bond motifs is 1. The van der Waals surface area contributed by atoms with Crippen molar-refractivity contribution in [2.45, 2.75) is 6.42 Å². The number of carbonyl (C=O) groups is 1. The fourth-order valence-electron chi connectivity index (χ4n) is 2.23. The van der Waals surface area contributed by atoms with E-state index in [1.54, 1.807) is 17.1 Å². The van der Waals surface area contributed by atoms with E-state index in [0.717, 1.165) is 10.9 Å². The van der Waals surface area contributed by atoms with E-state index in [0.29, 0.717) is 19.5 Å². The molecular formula is C18H19NO. The number of nitrogens with zero attached hydrogens (tertiary/aromatic N) is 1. The molecule has 0 heterocycles. The number of carbonyl (C=O) groups excluding carboxylic acids is 1. The molecule has 2 nitrogen and oxygen atoms in total. The molecule has 0 spiro atoms. The van der Waals surface area contributed by atoms with Crippen LogP contribution in [0.15, 0.2) is 67.8 Å². The van der Waals surface area contributed by atoms with Crippen LogP contribution in [-0.2, 0) is 11.2 Å². The van der Waals surface area contributed by atoms with Gasteiger partial charge in [-0.05, 0) is 16.3 Å². The fraction of sp³-hybridized carbons (Fsp3) is 0.167. The van der Waals surface area contributed by atoms with Crippen molar-refractivity contribution < 1.29 is 4.79 Å². The molecule has 0 aliphatic carbocycles. The van der Waals surface area contributed by atoms with Gasteiger partial charge in [0.15, 0.2) is 0 Å². The number of hydrogen-bond donors (Lipinski definition) is 0. The van der Waals surface area contributed by atoms with Gasteiger partial charge in [0.1, 0.15) is 0 Å². The molecule has 0 unspecified atom stereocenters. The molecule has 0 aliphatic heterocycles. The first kappa shape index (κ1) is 14.1. The molecule has 1 amide bonds. The van der Waals surface area contributed by atoms with Gasteiger partial charge in [0.25, 0.3) is 0 Å². The van der Waals surface area contributed by atoms with Crippen LogP contribution >= 0.6 is 0 Å². The summed E-state index contributed by atoms with van der Waals surface area (Å²) < 4.78 is 0. The molecule has 0 aliphatic rings. The van der Waals surface area contributed by atoms with Gasteiger partial charge in [-0.15, -0.1) is 13.2 Å². The molecular weight excluding hydrogens is 246 g/mol. The first-order valence-corrected chi connectivity index (χ1v) is 6.72. The summed E-state index contributed by atoms with van der Waals surface area (Å²) in [5.41, 5.74) is 1.03. The zero-order valence-corrected chi connectivity index (χ0v) is 11.6. The monoisotopic (exact) mass is 265 g/mol. The van der Waals surface area contributed by atoms with Crippen molar-refractivity contribution in [1.29, 1.82) is 0 Å². The predicted octanol–water partition coefficient (Wildman–Crippen LogP) is 3.58. The minimum Gasteiger partial charge on any atom is -0.335 e. The molecule has 0 radical (unpaired) electrons. The van der Waals surface area contributed by atoms with E-state index in [-0.39, 0.29) is 5.91 Å². The van der Waals surface area contributed by atoms with Gasteiger partial charge in [-0.2, -0.15) is 0 Å². The van der Waals surface area contributed by atoms with Gasteiger partial charge in [-0.3, -0.25) is 4.79 Å². The molecule has 0 bridgehead atoms. The lowest BCUT2D eigenvalue weighted by atomic mass is 10.0. The highest BCUT2D eigenvalue weighted by Crippen LogP contribution is 2.16. The molecule has 0 fully saturated rings. The van der Waals surface area contributed by atoms with Crippen molar-refractivity contribution in [1.82, 2.24) is 4.90 Å². The average Bonchev–Trinajstić information content (AvgIpc) is 2.47. The summed E-state index contributed by atoms with van der Waals surface area (Å²) in [6, 6.07) is 14.3. The first-order valence-electron chi connectivity index (χ1n) is 6.72. The Bertz CT molecular complexity index is 620. The van der Waals surface area contributed by atoms with Gasteiger partial charge in [0, 0.05) is 13.1 Å². The summed E-state index contributed by atoms with van der Waals surface area (Å²) in [6.45, 7) is 8.48. The summed E-state index contributed by atoms with van der Waals surface area (Å²) in [5, 5.41) is 2.36. The minimum absolute atomic E-state index is 0.0973. The molecule has 0 N–H and O–H groups in total. The number of rotatable bonds is 6. The Morgan fingerprint density at radius 2 is 1.65 bits per heavy atom. The average molecular weight is 265 g/mol. The maximum Gasteiger partial charge on any atom is 0.227 e. The Labute approximate surface area is 120 Å². The van der Waals surface area contributed by atoms with E-state index in [4.69, 9.17) is 0 Å². The number of hydrogen-bond acceptors (Lipinski definition) is 1. The predicted molar refractivity (Wildman–Crippen MR) is 84.6 cm³/mol. The van der Waals surface area contributed by atoms with Gasteiger partial charge in [0.2, 0.25) is 5.91 Å². The van der Waals surface area contributed by atoms with Crippen LogP contribution in [0.25, 0.3) is 10.8 Å². The van der Waals surface area contributed by atoms with E-state index in [1.165, 1.54) is 5.39 Å². The summed E-state index contributed by atoms with van der Waals surface area (Å²) in [5.74, 6) is 0.0973. The molecule has 0 saturated carbocycles. The highest BCUT2D eigenvalue weighted by Gasteiger charge is 2.11. The third-order valence-corrected chi connectivity index (χ3v) is 3.22. The Morgan fingerprint density at radius 1 is 1.00 bits per heavy atom. The second kappa shape index (κ2) is 6.71. The van der Waals surface area contributed by atoms with Gasteiger partial charge in [0.05, 0.1) is 6.42 Å². The van der Waals surface area contributed by atoms with Crippen LogP contribution in [0.1, 0.15) is 5.56 Å². The summed E-state index contributed by atoms with van der Waals surface area (Å²) in [7, 11) is 0. The minimum atomic E-state index is 0.0973. The molecule has 2 rings (SSSR count). The highest BCUT2D eigenvalue weighted by molar-refractivity contribution is 5.85. The number of benzene rings is 2. The van der Waals surface area contributed by atoms with Gasteiger partial charge < -0.3 is 4.90 Å². The molecule has 0 saturated heterocycles. The van der Waals surface area contributed by atoms with Crippen LogP contribution in [0.3, 0.4) is 0 Å². The zero-order valence-electron chi connectivity index (χ0n) is 11.6. The summed E-state index contributed by atoms with van der Waals surface area (Å²) >= 11 is 0. The SMILES string of the molecule is C=CCN(CC=C)C(=O)Cc1ccc2ccccc2c1. The molecule has 0 aromatic heterocycles. The van der Waals surface area contributed by atoms with Gasteiger partial charge >= 0.3 is 0 Å². The lowest BCUT2D eigenvalue weighted by Gasteiger charge is -2.19. The van der Waals surface area contributed by atoms with E-state index in [9.17, 15) is 4.79 Å². The highest BCUT2D eigenvalue weighted by atomic mass is 16.2. The largest absolute Gasteiger partial charge is 0.335 e. The van der Waals surface area contributed by atoms with Gasteiger partial charge in [-0.25, -0.2) is 0 Å². The van der Waals surface area contributed by atoms with E-state index < -0.39 is 0 Å². The topological polar surface area (TPSA) is 20.3 Å². The maximum atomic E-state index is 12.3. The normalized spacial score (nSPS) is 10.2. The first-order chi connectivity index (χ1) is 9.74. The van der Waals surface area contributed by atoms with Crippen LogP contribution in [0.4, 0.5) is 0 Å². The van der Waals surface area contributed by atoms with Crippen molar-refractivity contribution >= 4 is 16.7 Å². The Kier molecular flexibility index (Phi) is 4.72. The fourth-order valence-corrected chi connectivity index (χ4v) is 2.23. The number of amides is 1. The van der Waals surface area contributed by atoms with Crippen LogP contribution < -0.4 is 0 Å². The molecule has 20 heavy (non-hydrogen) atoms. The third-order valence-electron chi connectivity index (χ3n) is 3.22. The van der Waals surface area contributed by atoms with Crippen LogP contribution in [-0.4, -0.2) is 23.9 Å². The van der Waals surface area contributed by atoms with E-state index >= 15 is 0 Å². The molecule has 102 valence electrons. The van der Waals surface area contributed by atoms with Crippen molar-refractivity contribution in [2.75, 3.05) is 13.1 Å². The lowest BCUT2D eigenvalue weighted by molar-refractivity contribution is -0.129. The maximum absolute atomic E-state index is 12.3. The van der Waals surface area contributed by atoms with Gasteiger partial charge in [-0.1, -0.05) is 54.6 Å². The van der Waals surface area contributed by atoms with Crippen molar-refractivity contribution in [2.24, 2.45) is 0 Å². The van der Waals surface area contributed by atoms with E-state index in [2.05, 4.69) is 37.4 Å². The molecule has 2 heteroatoms. The third kappa shape index (κ3) is 3.35. The van der Waals surface area contributed by atoms with Crippen molar-refractivity contribution in [3.63, 3.8) is 0 Å². The second-order valence-electron chi connectivity index (χ2n) is 4.73. The van der Waals surface area contributed by atoms with Crippen LogP contribution in [0.2, 0.25) is 0 Å². The molecule has 0 atom stereocenters. The standard InChI is InChI=1S/C18H19NO/c1-3-11-19(12-4-2)18(20)14-15-9-10-16-7-5-6-8-17(16)13-15/h3-10,13H,1-2,11-12,14H2. The van der Waals surface area contributed by atoms with Crippen LogP contribution in [0.5, 0.6) is 0 Å². The zero-order chi connectivity index (χ0) is 14.4.